The van der Waals surface area contributed by atoms with Crippen molar-refractivity contribution < 1.29 is 8.42 Å². The van der Waals surface area contributed by atoms with E-state index in [9.17, 15) is 8.42 Å². The van der Waals surface area contributed by atoms with E-state index in [4.69, 9.17) is 0 Å². The molecule has 0 N–H and O–H groups in total. The van der Waals surface area contributed by atoms with Crippen LogP contribution >= 0.6 is 15.9 Å². The fraction of sp³-hybridized carbons (Fsp3) is 0.571. The largest absolute Gasteiger partial charge is 0.301 e. The van der Waals surface area contributed by atoms with Crippen molar-refractivity contribution in [3.63, 3.8) is 0 Å². The first-order chi connectivity index (χ1) is 9.57. The molecule has 0 spiro atoms. The number of sulfonamides is 1. The summed E-state index contributed by atoms with van der Waals surface area (Å²) in [6, 6.07) is 7.11. The lowest BCUT2D eigenvalue weighted by atomic mass is 10.2. The van der Waals surface area contributed by atoms with E-state index >= 15 is 0 Å². The van der Waals surface area contributed by atoms with Gasteiger partial charge in [0.1, 0.15) is 0 Å². The third kappa shape index (κ3) is 3.61. The first-order valence-electron chi connectivity index (χ1n) is 6.95. The van der Waals surface area contributed by atoms with Crippen LogP contribution in [0.3, 0.4) is 0 Å². The summed E-state index contributed by atoms with van der Waals surface area (Å²) in [5.41, 5.74) is 1.08. The lowest BCUT2D eigenvalue weighted by Gasteiger charge is -2.33. The molecule has 1 aromatic rings. The molecule has 0 unspecified atom stereocenters. The molecule has 112 valence electrons. The summed E-state index contributed by atoms with van der Waals surface area (Å²) in [5.74, 6) is 0. The normalized spacial score (nSPS) is 18.3. The Balaban J connectivity index is 2.07. The lowest BCUT2D eigenvalue weighted by Crippen LogP contribution is -2.48. The third-order valence-corrected chi connectivity index (χ3v) is 6.15. The fourth-order valence-electron chi connectivity index (χ4n) is 2.41. The highest BCUT2D eigenvalue weighted by Crippen LogP contribution is 2.19. The summed E-state index contributed by atoms with van der Waals surface area (Å²) < 4.78 is 26.7. The van der Waals surface area contributed by atoms with E-state index in [1.807, 2.05) is 12.1 Å². The van der Waals surface area contributed by atoms with E-state index in [2.05, 4.69) is 27.8 Å². The molecule has 0 aliphatic carbocycles. The van der Waals surface area contributed by atoms with Gasteiger partial charge in [-0.1, -0.05) is 35.0 Å². The smallest absolute Gasteiger partial charge is 0.243 e. The minimum absolute atomic E-state index is 0.395. The summed E-state index contributed by atoms with van der Waals surface area (Å²) >= 11 is 3.37. The van der Waals surface area contributed by atoms with Crippen LogP contribution in [0.2, 0.25) is 0 Å². The molecule has 1 heterocycles. The maximum absolute atomic E-state index is 12.5. The molecule has 1 aliphatic heterocycles. The van der Waals surface area contributed by atoms with Crippen molar-refractivity contribution in [3.8, 4) is 0 Å². The van der Waals surface area contributed by atoms with Gasteiger partial charge in [0.25, 0.3) is 0 Å². The van der Waals surface area contributed by atoms with E-state index in [1.165, 1.54) is 0 Å². The Morgan fingerprint density at radius 3 is 2.20 bits per heavy atom. The molecule has 2 rings (SSSR count). The zero-order valence-electron chi connectivity index (χ0n) is 11.8. The Morgan fingerprint density at radius 2 is 1.70 bits per heavy atom. The molecular formula is C14H21BrN2O2S. The number of hydrogen-bond donors (Lipinski definition) is 0. The Bertz CT molecular complexity index is 523. The first kappa shape index (κ1) is 15.9. The van der Waals surface area contributed by atoms with Crippen molar-refractivity contribution in [3.05, 3.63) is 29.8 Å². The van der Waals surface area contributed by atoms with Crippen LogP contribution in [0, 0.1) is 0 Å². The molecule has 0 radical (unpaired) electrons. The summed E-state index contributed by atoms with van der Waals surface area (Å²) in [4.78, 5) is 2.71. The molecule has 0 atom stereocenters. The predicted octanol–water partition coefficient (Wildman–Crippen LogP) is 2.30. The zero-order valence-corrected chi connectivity index (χ0v) is 14.2. The molecule has 1 fully saturated rings. The quantitative estimate of drug-likeness (QED) is 0.756. The molecule has 6 heteroatoms. The van der Waals surface area contributed by atoms with Gasteiger partial charge in [-0.25, -0.2) is 8.42 Å². The number of alkyl halides is 1. The fourth-order valence-corrected chi connectivity index (χ4v) is 4.21. The van der Waals surface area contributed by atoms with Crippen LogP contribution in [0.5, 0.6) is 0 Å². The van der Waals surface area contributed by atoms with Crippen molar-refractivity contribution >= 4 is 26.0 Å². The maximum atomic E-state index is 12.5. The van der Waals surface area contributed by atoms with Gasteiger partial charge in [-0.15, -0.1) is 0 Å². The van der Waals surface area contributed by atoms with Crippen LogP contribution in [-0.2, 0) is 15.4 Å². The van der Waals surface area contributed by atoms with Crippen molar-refractivity contribution in [2.75, 3.05) is 32.7 Å². The molecular weight excluding hydrogens is 340 g/mol. The van der Waals surface area contributed by atoms with Crippen molar-refractivity contribution in [1.82, 2.24) is 9.21 Å². The number of hydrogen-bond acceptors (Lipinski definition) is 3. The highest BCUT2D eigenvalue weighted by atomic mass is 79.9. The Morgan fingerprint density at radius 1 is 1.10 bits per heavy atom. The second kappa shape index (κ2) is 7.02. The van der Waals surface area contributed by atoms with Crippen LogP contribution in [0.4, 0.5) is 0 Å². The second-order valence-corrected chi connectivity index (χ2v) is 7.52. The lowest BCUT2D eigenvalue weighted by molar-refractivity contribution is 0.188. The van der Waals surface area contributed by atoms with E-state index in [-0.39, 0.29) is 0 Å². The molecule has 0 bridgehead atoms. The Hall–Kier alpha value is -0.430. The van der Waals surface area contributed by atoms with E-state index < -0.39 is 10.0 Å². The third-order valence-electron chi connectivity index (χ3n) is 3.59. The second-order valence-electron chi connectivity index (χ2n) is 5.02. The van der Waals surface area contributed by atoms with Gasteiger partial charge >= 0.3 is 0 Å². The van der Waals surface area contributed by atoms with Gasteiger partial charge in [0.15, 0.2) is 0 Å². The highest BCUT2D eigenvalue weighted by Gasteiger charge is 2.27. The van der Waals surface area contributed by atoms with Gasteiger partial charge in [0.2, 0.25) is 10.0 Å². The minimum atomic E-state index is -3.33. The SMILES string of the molecule is CCCN1CCN(S(=O)(=O)c2ccc(CBr)cc2)CC1. The Kier molecular flexibility index (Phi) is 5.60. The van der Waals surface area contributed by atoms with Gasteiger partial charge in [0.05, 0.1) is 4.90 Å². The first-order valence-corrected chi connectivity index (χ1v) is 9.51. The monoisotopic (exact) mass is 360 g/mol. The number of rotatable bonds is 5. The van der Waals surface area contributed by atoms with Crippen LogP contribution in [0.15, 0.2) is 29.2 Å². The number of halogens is 1. The van der Waals surface area contributed by atoms with Crippen molar-refractivity contribution in [1.29, 1.82) is 0 Å². The van der Waals surface area contributed by atoms with Crippen LogP contribution in [0.25, 0.3) is 0 Å². The number of nitrogens with zero attached hydrogens (tertiary/aromatic N) is 2. The van der Waals surface area contributed by atoms with Gasteiger partial charge in [-0.3, -0.25) is 0 Å². The van der Waals surface area contributed by atoms with Crippen LogP contribution < -0.4 is 0 Å². The van der Waals surface area contributed by atoms with Gasteiger partial charge in [0, 0.05) is 31.5 Å². The average Bonchev–Trinajstić information content (AvgIpc) is 2.48. The van der Waals surface area contributed by atoms with Gasteiger partial charge < -0.3 is 4.90 Å². The molecule has 0 saturated carbocycles. The van der Waals surface area contributed by atoms with Crippen molar-refractivity contribution in [2.24, 2.45) is 0 Å². The Labute approximate surface area is 129 Å². The number of piperazine rings is 1. The van der Waals surface area contributed by atoms with E-state index in [0.29, 0.717) is 18.0 Å². The minimum Gasteiger partial charge on any atom is -0.301 e. The maximum Gasteiger partial charge on any atom is 0.243 e. The molecule has 0 amide bonds. The molecule has 1 saturated heterocycles. The van der Waals surface area contributed by atoms with E-state index in [1.54, 1.807) is 16.4 Å². The topological polar surface area (TPSA) is 40.6 Å². The highest BCUT2D eigenvalue weighted by molar-refractivity contribution is 9.08. The number of benzene rings is 1. The predicted molar refractivity (Wildman–Crippen MR) is 84.6 cm³/mol. The zero-order chi connectivity index (χ0) is 14.6. The summed E-state index contributed by atoms with van der Waals surface area (Å²) in [5, 5.41) is 0.739. The molecule has 20 heavy (non-hydrogen) atoms. The van der Waals surface area contributed by atoms with Gasteiger partial charge in [-0.05, 0) is 30.7 Å². The van der Waals surface area contributed by atoms with Gasteiger partial charge in [-0.2, -0.15) is 4.31 Å². The summed E-state index contributed by atoms with van der Waals surface area (Å²) in [7, 11) is -3.33. The standard InChI is InChI=1S/C14H21BrN2O2S/c1-2-7-16-8-10-17(11-9-16)20(18,19)14-5-3-13(12-15)4-6-14/h3-6H,2,7-12H2,1H3. The molecule has 1 aromatic carbocycles. The van der Waals surface area contributed by atoms with Crippen LogP contribution in [-0.4, -0.2) is 50.3 Å². The summed E-state index contributed by atoms with van der Waals surface area (Å²) in [6.07, 6.45) is 1.11. The molecule has 0 aromatic heterocycles. The summed E-state index contributed by atoms with van der Waals surface area (Å²) in [6.45, 7) is 6.02. The average molecular weight is 361 g/mol. The molecule has 1 aliphatic rings. The van der Waals surface area contributed by atoms with Crippen molar-refractivity contribution in [2.45, 2.75) is 23.6 Å². The van der Waals surface area contributed by atoms with E-state index in [0.717, 1.165) is 36.9 Å². The van der Waals surface area contributed by atoms with Crippen LogP contribution in [0.1, 0.15) is 18.9 Å². The molecule has 4 nitrogen and oxygen atoms in total.